The van der Waals surface area contributed by atoms with Crippen LogP contribution in [0, 0.1) is 0 Å². The van der Waals surface area contributed by atoms with E-state index in [1.165, 1.54) is 4.68 Å². The summed E-state index contributed by atoms with van der Waals surface area (Å²) in [5, 5.41) is 8.94. The largest absolute Gasteiger partial charge is 0.341 e. The van der Waals surface area contributed by atoms with Crippen LogP contribution in [-0.2, 0) is 18.3 Å². The van der Waals surface area contributed by atoms with Crippen LogP contribution in [0.25, 0.3) is 10.8 Å². The maximum absolute atomic E-state index is 12.6. The van der Waals surface area contributed by atoms with Crippen molar-refractivity contribution in [1.29, 1.82) is 0 Å². The third-order valence-electron chi connectivity index (χ3n) is 4.53. The van der Waals surface area contributed by atoms with Crippen molar-refractivity contribution in [3.8, 4) is 0 Å². The van der Waals surface area contributed by atoms with E-state index in [9.17, 15) is 9.59 Å². The number of likely N-dealkylation sites (N-methyl/N-ethyl adjacent to an activating group) is 1. The Bertz CT molecular complexity index is 784. The van der Waals surface area contributed by atoms with Gasteiger partial charge in [0.15, 0.2) is 0 Å². The van der Waals surface area contributed by atoms with E-state index >= 15 is 0 Å². The molecule has 1 saturated heterocycles. The standard InChI is InChI=1S/C17H22N4O2/c1-18-12-6-5-9-21(11-12)16(22)10-15-13-7-3-4-8-14(13)17(23)20(2)19-15/h3-4,7-8,12,18H,5-6,9-11H2,1-2H3. The Balaban J connectivity index is 1.88. The zero-order valence-electron chi connectivity index (χ0n) is 13.6. The summed E-state index contributed by atoms with van der Waals surface area (Å²) in [7, 11) is 3.56. The average Bonchev–Trinajstić information content (AvgIpc) is 2.59. The summed E-state index contributed by atoms with van der Waals surface area (Å²) >= 11 is 0. The zero-order valence-corrected chi connectivity index (χ0v) is 13.6. The van der Waals surface area contributed by atoms with E-state index in [0.29, 0.717) is 17.1 Å². The number of hydrogen-bond acceptors (Lipinski definition) is 4. The summed E-state index contributed by atoms with van der Waals surface area (Å²) in [5.41, 5.74) is 0.532. The second-order valence-corrected chi connectivity index (χ2v) is 6.07. The van der Waals surface area contributed by atoms with E-state index in [4.69, 9.17) is 0 Å². The van der Waals surface area contributed by atoms with E-state index in [1.807, 2.05) is 30.1 Å². The number of aromatic nitrogens is 2. The first kappa shape index (κ1) is 15.7. The highest BCUT2D eigenvalue weighted by atomic mass is 16.2. The molecule has 1 aromatic heterocycles. The number of amides is 1. The molecule has 0 saturated carbocycles. The van der Waals surface area contributed by atoms with E-state index in [1.54, 1.807) is 13.1 Å². The fraction of sp³-hybridized carbons (Fsp3) is 0.471. The topological polar surface area (TPSA) is 67.2 Å². The van der Waals surface area contributed by atoms with Gasteiger partial charge in [0.2, 0.25) is 5.91 Å². The third-order valence-corrected chi connectivity index (χ3v) is 4.53. The number of rotatable bonds is 3. The van der Waals surface area contributed by atoms with Gasteiger partial charge in [-0.3, -0.25) is 9.59 Å². The molecule has 0 bridgehead atoms. The summed E-state index contributed by atoms with van der Waals surface area (Å²) in [6.07, 6.45) is 2.34. The molecule has 2 heterocycles. The lowest BCUT2D eigenvalue weighted by atomic mass is 10.0. The lowest BCUT2D eigenvalue weighted by molar-refractivity contribution is -0.131. The molecule has 1 aromatic carbocycles. The van der Waals surface area contributed by atoms with Crippen LogP contribution in [0.4, 0.5) is 0 Å². The van der Waals surface area contributed by atoms with Gasteiger partial charge in [-0.15, -0.1) is 0 Å². The second-order valence-electron chi connectivity index (χ2n) is 6.07. The van der Waals surface area contributed by atoms with Gasteiger partial charge in [0.25, 0.3) is 5.56 Å². The molecule has 23 heavy (non-hydrogen) atoms. The summed E-state index contributed by atoms with van der Waals surface area (Å²) in [5.74, 6) is 0.0706. The van der Waals surface area contributed by atoms with Crippen LogP contribution in [-0.4, -0.2) is 46.8 Å². The van der Waals surface area contributed by atoms with E-state index in [0.717, 1.165) is 31.3 Å². The monoisotopic (exact) mass is 314 g/mol. The molecule has 1 aliphatic rings. The van der Waals surface area contributed by atoms with E-state index in [-0.39, 0.29) is 17.9 Å². The van der Waals surface area contributed by atoms with Crippen LogP contribution < -0.4 is 10.9 Å². The predicted octanol–water partition coefficient (Wildman–Crippen LogP) is 0.686. The summed E-state index contributed by atoms with van der Waals surface area (Å²) in [6, 6.07) is 7.70. The maximum Gasteiger partial charge on any atom is 0.274 e. The van der Waals surface area contributed by atoms with Crippen LogP contribution >= 0.6 is 0 Å². The molecular weight excluding hydrogens is 292 g/mol. The number of likely N-dealkylation sites (tertiary alicyclic amines) is 1. The Morgan fingerprint density at radius 2 is 2.09 bits per heavy atom. The lowest BCUT2D eigenvalue weighted by Crippen LogP contribution is -2.47. The number of aryl methyl sites for hydroxylation is 1. The van der Waals surface area contributed by atoms with Gasteiger partial charge >= 0.3 is 0 Å². The van der Waals surface area contributed by atoms with Gasteiger partial charge in [0, 0.05) is 31.6 Å². The summed E-state index contributed by atoms with van der Waals surface area (Å²) < 4.78 is 1.32. The van der Waals surface area contributed by atoms with Crippen molar-refractivity contribution in [1.82, 2.24) is 20.0 Å². The highest BCUT2D eigenvalue weighted by molar-refractivity contribution is 5.88. The average molecular weight is 314 g/mol. The third kappa shape index (κ3) is 3.12. The number of carbonyl (C=O) groups excluding carboxylic acids is 1. The van der Waals surface area contributed by atoms with Crippen molar-refractivity contribution >= 4 is 16.7 Å². The first-order chi connectivity index (χ1) is 11.1. The molecule has 1 fully saturated rings. The molecule has 0 spiro atoms. The number of carbonyl (C=O) groups is 1. The highest BCUT2D eigenvalue weighted by Gasteiger charge is 2.23. The van der Waals surface area contributed by atoms with Crippen LogP contribution in [0.15, 0.2) is 29.1 Å². The number of nitrogens with zero attached hydrogens (tertiary/aromatic N) is 3. The molecule has 1 atom stereocenters. The van der Waals surface area contributed by atoms with Crippen LogP contribution in [0.5, 0.6) is 0 Å². The molecule has 122 valence electrons. The molecule has 1 amide bonds. The van der Waals surface area contributed by atoms with Gasteiger partial charge in [-0.1, -0.05) is 18.2 Å². The quantitative estimate of drug-likeness (QED) is 0.905. The molecule has 6 nitrogen and oxygen atoms in total. The second kappa shape index (κ2) is 6.50. The first-order valence-electron chi connectivity index (χ1n) is 8.00. The Morgan fingerprint density at radius 3 is 2.83 bits per heavy atom. The van der Waals surface area contributed by atoms with Gasteiger partial charge in [-0.05, 0) is 26.0 Å². The molecule has 2 aromatic rings. The van der Waals surface area contributed by atoms with E-state index < -0.39 is 0 Å². The minimum atomic E-state index is -0.134. The van der Waals surface area contributed by atoms with Gasteiger partial charge in [-0.2, -0.15) is 5.10 Å². The minimum absolute atomic E-state index is 0.0706. The van der Waals surface area contributed by atoms with Gasteiger partial charge in [-0.25, -0.2) is 4.68 Å². The van der Waals surface area contributed by atoms with Crippen LogP contribution in [0.2, 0.25) is 0 Å². The van der Waals surface area contributed by atoms with Gasteiger partial charge in [0.1, 0.15) is 0 Å². The predicted molar refractivity (Wildman–Crippen MR) is 89.3 cm³/mol. The Labute approximate surface area is 135 Å². The first-order valence-corrected chi connectivity index (χ1v) is 8.00. The minimum Gasteiger partial charge on any atom is -0.341 e. The molecular formula is C17H22N4O2. The molecule has 3 rings (SSSR count). The maximum atomic E-state index is 12.6. The van der Waals surface area contributed by atoms with E-state index in [2.05, 4.69) is 10.4 Å². The lowest BCUT2D eigenvalue weighted by Gasteiger charge is -2.32. The number of piperidine rings is 1. The normalized spacial score (nSPS) is 18.3. The molecule has 1 aliphatic heterocycles. The molecule has 0 aliphatic carbocycles. The smallest absolute Gasteiger partial charge is 0.274 e. The fourth-order valence-electron chi connectivity index (χ4n) is 3.20. The number of benzene rings is 1. The van der Waals surface area contributed by atoms with Crippen LogP contribution in [0.3, 0.4) is 0 Å². The molecule has 1 unspecified atom stereocenters. The number of fused-ring (bicyclic) bond motifs is 1. The highest BCUT2D eigenvalue weighted by Crippen LogP contribution is 2.16. The van der Waals surface area contributed by atoms with Crippen LogP contribution in [0.1, 0.15) is 18.5 Å². The van der Waals surface area contributed by atoms with Gasteiger partial charge in [0.05, 0.1) is 17.5 Å². The zero-order chi connectivity index (χ0) is 16.4. The van der Waals surface area contributed by atoms with Crippen molar-refractivity contribution in [2.75, 3.05) is 20.1 Å². The Morgan fingerprint density at radius 1 is 1.35 bits per heavy atom. The fourth-order valence-corrected chi connectivity index (χ4v) is 3.20. The van der Waals surface area contributed by atoms with Crippen molar-refractivity contribution < 1.29 is 4.79 Å². The Kier molecular flexibility index (Phi) is 4.43. The Hall–Kier alpha value is -2.21. The van der Waals surface area contributed by atoms with Crippen molar-refractivity contribution in [2.45, 2.75) is 25.3 Å². The number of hydrogen-bond donors (Lipinski definition) is 1. The summed E-state index contributed by atoms with van der Waals surface area (Å²) in [6.45, 7) is 1.53. The van der Waals surface area contributed by atoms with Crippen molar-refractivity contribution in [3.05, 3.63) is 40.3 Å². The molecule has 6 heteroatoms. The molecule has 0 radical (unpaired) electrons. The van der Waals surface area contributed by atoms with Gasteiger partial charge < -0.3 is 10.2 Å². The number of nitrogens with one attached hydrogen (secondary N) is 1. The summed E-state index contributed by atoms with van der Waals surface area (Å²) in [4.78, 5) is 26.7. The van der Waals surface area contributed by atoms with Crippen molar-refractivity contribution in [2.24, 2.45) is 7.05 Å². The molecule has 1 N–H and O–H groups in total. The van der Waals surface area contributed by atoms with Crippen molar-refractivity contribution in [3.63, 3.8) is 0 Å². The SMILES string of the molecule is CNC1CCCN(C(=O)Cc2nn(C)c(=O)c3ccccc23)C1.